The minimum atomic E-state index is -3.49. The highest BCUT2D eigenvalue weighted by atomic mass is 32.2. The van der Waals surface area contributed by atoms with E-state index in [4.69, 9.17) is 0 Å². The van der Waals surface area contributed by atoms with E-state index in [1.165, 1.54) is 17.2 Å². The second kappa shape index (κ2) is 8.51. The summed E-state index contributed by atoms with van der Waals surface area (Å²) in [5, 5.41) is 11.5. The summed E-state index contributed by atoms with van der Waals surface area (Å²) in [6, 6.07) is 12.8. The Morgan fingerprint density at radius 3 is 2.17 bits per heavy atom. The Balaban J connectivity index is 1.68. The van der Waals surface area contributed by atoms with E-state index in [0.29, 0.717) is 24.7 Å². The molecule has 1 aliphatic rings. The lowest BCUT2D eigenvalue weighted by atomic mass is 10.0. The van der Waals surface area contributed by atoms with Crippen LogP contribution in [0.15, 0.2) is 47.4 Å². The average Bonchev–Trinajstić information content (AvgIpc) is 2.68. The van der Waals surface area contributed by atoms with Crippen LogP contribution >= 0.6 is 0 Å². The molecule has 0 atom stereocenters. The molecule has 0 saturated carbocycles. The predicted octanol–water partition coefficient (Wildman–Crippen LogP) is 3.44. The van der Waals surface area contributed by atoms with Crippen LogP contribution < -0.4 is 4.90 Å². The maximum Gasteiger partial charge on any atom is 0.293 e. The Morgan fingerprint density at radius 2 is 1.66 bits per heavy atom. The number of nitro groups is 1. The maximum absolute atomic E-state index is 11.7. The van der Waals surface area contributed by atoms with Gasteiger partial charge >= 0.3 is 0 Å². The first-order chi connectivity index (χ1) is 13.6. The maximum atomic E-state index is 11.7. The molecule has 1 fully saturated rings. The van der Waals surface area contributed by atoms with E-state index in [9.17, 15) is 18.5 Å². The number of anilines is 1. The van der Waals surface area contributed by atoms with Gasteiger partial charge in [0, 0.05) is 45.0 Å². The molecule has 0 bridgehead atoms. The number of nitrogens with zero attached hydrogens (tertiary/aromatic N) is 3. The van der Waals surface area contributed by atoms with Crippen LogP contribution in [-0.2, 0) is 16.4 Å². The van der Waals surface area contributed by atoms with Crippen molar-refractivity contribution < 1.29 is 13.3 Å². The molecule has 0 unspecified atom stereocenters. The first kappa shape index (κ1) is 21.3. The van der Waals surface area contributed by atoms with Crippen molar-refractivity contribution in [3.8, 4) is 0 Å². The van der Waals surface area contributed by atoms with Crippen molar-refractivity contribution in [1.82, 2.24) is 4.90 Å². The van der Waals surface area contributed by atoms with Gasteiger partial charge < -0.3 is 4.90 Å². The fourth-order valence-electron chi connectivity index (χ4n) is 3.56. The predicted molar refractivity (Wildman–Crippen MR) is 114 cm³/mol. The monoisotopic (exact) mass is 417 g/mol. The molecular formula is C21H27N3O4S. The topological polar surface area (TPSA) is 83.8 Å². The van der Waals surface area contributed by atoms with Crippen LogP contribution in [0.1, 0.15) is 30.9 Å². The minimum Gasteiger partial charge on any atom is -0.363 e. The third-order valence-electron chi connectivity index (χ3n) is 5.34. The summed E-state index contributed by atoms with van der Waals surface area (Å²) >= 11 is 0. The van der Waals surface area contributed by atoms with Crippen LogP contribution in [0.25, 0.3) is 0 Å². The lowest BCUT2D eigenvalue weighted by Gasteiger charge is -2.35. The van der Waals surface area contributed by atoms with Crippen molar-refractivity contribution in [3.05, 3.63) is 63.7 Å². The fraction of sp³-hybridized carbons (Fsp3) is 0.429. The highest BCUT2D eigenvalue weighted by Gasteiger charge is 2.25. The Labute approximate surface area is 172 Å². The van der Waals surface area contributed by atoms with Crippen molar-refractivity contribution in [2.75, 3.05) is 37.3 Å². The van der Waals surface area contributed by atoms with Crippen LogP contribution in [0.5, 0.6) is 0 Å². The van der Waals surface area contributed by atoms with Crippen molar-refractivity contribution in [1.29, 1.82) is 0 Å². The number of nitro benzene ring substituents is 1. The molecule has 0 N–H and O–H groups in total. The first-order valence-corrected chi connectivity index (χ1v) is 11.6. The third kappa shape index (κ3) is 5.13. The minimum absolute atomic E-state index is 0.0311. The molecule has 2 aromatic carbocycles. The van der Waals surface area contributed by atoms with Gasteiger partial charge in [-0.15, -0.1) is 0 Å². The van der Waals surface area contributed by atoms with Gasteiger partial charge in [0.1, 0.15) is 5.69 Å². The summed E-state index contributed by atoms with van der Waals surface area (Å²) in [5.41, 5.74) is 2.89. The molecule has 0 spiro atoms. The zero-order valence-corrected chi connectivity index (χ0v) is 17.9. The van der Waals surface area contributed by atoms with Gasteiger partial charge in [-0.3, -0.25) is 15.0 Å². The fourth-order valence-corrected chi connectivity index (χ4v) is 4.20. The second-order valence-electron chi connectivity index (χ2n) is 7.84. The molecule has 3 rings (SSSR count). The summed E-state index contributed by atoms with van der Waals surface area (Å²) in [7, 11) is -3.49. The van der Waals surface area contributed by atoms with E-state index in [1.807, 2.05) is 4.90 Å². The molecule has 8 heteroatoms. The van der Waals surface area contributed by atoms with Crippen LogP contribution in [0, 0.1) is 10.1 Å². The molecule has 1 saturated heterocycles. The molecule has 0 amide bonds. The van der Waals surface area contributed by atoms with Crippen molar-refractivity contribution in [3.63, 3.8) is 0 Å². The van der Waals surface area contributed by atoms with Crippen LogP contribution in [-0.4, -0.2) is 50.7 Å². The second-order valence-corrected chi connectivity index (χ2v) is 9.86. The number of hydrogen-bond donors (Lipinski definition) is 0. The van der Waals surface area contributed by atoms with E-state index >= 15 is 0 Å². The number of benzene rings is 2. The van der Waals surface area contributed by atoms with Gasteiger partial charge in [-0.05, 0) is 29.2 Å². The standard InChI is InChI=1S/C21H27N3O4S/c1-16(2)18-6-4-17(5-7-18)15-22-10-12-23(13-11-22)20-9-8-19(29(3,27)28)14-21(20)24(25)26/h4-9,14,16H,10-13,15H2,1-3H3. The molecular weight excluding hydrogens is 390 g/mol. The normalized spacial score (nSPS) is 15.7. The summed E-state index contributed by atoms with van der Waals surface area (Å²) < 4.78 is 23.5. The lowest BCUT2D eigenvalue weighted by Crippen LogP contribution is -2.46. The Hall–Kier alpha value is -2.45. The van der Waals surface area contributed by atoms with E-state index in [0.717, 1.165) is 32.0 Å². The third-order valence-corrected chi connectivity index (χ3v) is 6.45. The van der Waals surface area contributed by atoms with Gasteiger partial charge in [0.25, 0.3) is 5.69 Å². The molecule has 1 aliphatic heterocycles. The average molecular weight is 418 g/mol. The summed E-state index contributed by atoms with van der Waals surface area (Å²) in [5.74, 6) is 0.512. The number of sulfone groups is 1. The van der Waals surface area contributed by atoms with Gasteiger partial charge in [0.15, 0.2) is 9.84 Å². The number of rotatable bonds is 6. The Kier molecular flexibility index (Phi) is 6.24. The van der Waals surface area contributed by atoms with E-state index in [-0.39, 0.29) is 10.6 Å². The van der Waals surface area contributed by atoms with Gasteiger partial charge in [-0.25, -0.2) is 8.42 Å². The molecule has 156 valence electrons. The van der Waals surface area contributed by atoms with Gasteiger partial charge in [0.2, 0.25) is 0 Å². The lowest BCUT2D eigenvalue weighted by molar-refractivity contribution is -0.384. The summed E-state index contributed by atoms with van der Waals surface area (Å²) in [6.45, 7) is 8.09. The summed E-state index contributed by atoms with van der Waals surface area (Å²) in [4.78, 5) is 15.3. The highest BCUT2D eigenvalue weighted by Crippen LogP contribution is 2.31. The van der Waals surface area contributed by atoms with Gasteiger partial charge in [-0.1, -0.05) is 38.1 Å². The molecule has 2 aromatic rings. The zero-order chi connectivity index (χ0) is 21.2. The first-order valence-electron chi connectivity index (χ1n) is 9.70. The number of hydrogen-bond acceptors (Lipinski definition) is 6. The zero-order valence-electron chi connectivity index (χ0n) is 17.0. The van der Waals surface area contributed by atoms with Crippen molar-refractivity contribution >= 4 is 21.2 Å². The van der Waals surface area contributed by atoms with Crippen LogP contribution in [0.4, 0.5) is 11.4 Å². The molecule has 1 heterocycles. The molecule has 7 nitrogen and oxygen atoms in total. The van der Waals surface area contributed by atoms with Gasteiger partial charge in [0.05, 0.1) is 9.82 Å². The molecule has 0 radical (unpaired) electrons. The quantitative estimate of drug-likeness (QED) is 0.529. The Bertz CT molecular complexity index is 979. The smallest absolute Gasteiger partial charge is 0.293 e. The highest BCUT2D eigenvalue weighted by molar-refractivity contribution is 7.90. The largest absolute Gasteiger partial charge is 0.363 e. The van der Waals surface area contributed by atoms with Crippen LogP contribution in [0.3, 0.4) is 0 Å². The van der Waals surface area contributed by atoms with Crippen molar-refractivity contribution in [2.24, 2.45) is 0 Å². The van der Waals surface area contributed by atoms with Crippen molar-refractivity contribution in [2.45, 2.75) is 31.2 Å². The van der Waals surface area contributed by atoms with Gasteiger partial charge in [-0.2, -0.15) is 0 Å². The van der Waals surface area contributed by atoms with E-state index in [2.05, 4.69) is 43.0 Å². The SMILES string of the molecule is CC(C)c1ccc(CN2CCN(c3ccc(S(C)(=O)=O)cc3[N+](=O)[O-])CC2)cc1. The molecule has 0 aliphatic carbocycles. The van der Waals surface area contributed by atoms with E-state index < -0.39 is 14.8 Å². The Morgan fingerprint density at radius 1 is 1.03 bits per heavy atom. The van der Waals surface area contributed by atoms with Crippen LogP contribution in [0.2, 0.25) is 0 Å². The number of piperazine rings is 1. The summed E-state index contributed by atoms with van der Waals surface area (Å²) in [6.07, 6.45) is 1.05. The molecule has 0 aromatic heterocycles. The molecule has 29 heavy (non-hydrogen) atoms. The van der Waals surface area contributed by atoms with E-state index in [1.54, 1.807) is 6.07 Å².